The summed E-state index contributed by atoms with van der Waals surface area (Å²) in [5.74, 6) is 0.477. The van der Waals surface area contributed by atoms with E-state index >= 15 is 0 Å². The van der Waals surface area contributed by atoms with Crippen LogP contribution in [-0.4, -0.2) is 65.8 Å². The monoisotopic (exact) mass is 405 g/mol. The van der Waals surface area contributed by atoms with Crippen LogP contribution in [0.25, 0.3) is 0 Å². The summed E-state index contributed by atoms with van der Waals surface area (Å²) in [4.78, 5) is 21.2. The number of rotatable bonds is 3. The van der Waals surface area contributed by atoms with Crippen molar-refractivity contribution in [2.45, 2.75) is 78.4 Å². The van der Waals surface area contributed by atoms with Gasteiger partial charge in [-0.3, -0.25) is 0 Å². The molecular weight excluding hydrogens is 370 g/mol. The summed E-state index contributed by atoms with van der Waals surface area (Å²) < 4.78 is 17.1. The minimum absolute atomic E-state index is 0.0609. The van der Waals surface area contributed by atoms with Crippen molar-refractivity contribution in [2.24, 2.45) is 0 Å². The lowest BCUT2D eigenvalue weighted by Gasteiger charge is -2.41. The molecule has 0 N–H and O–H groups in total. The third-order valence-corrected chi connectivity index (χ3v) is 5.19. The molecule has 0 saturated carbocycles. The van der Waals surface area contributed by atoms with Crippen LogP contribution >= 0.6 is 0 Å². The minimum Gasteiger partial charge on any atom is -0.444 e. The van der Waals surface area contributed by atoms with E-state index in [-0.39, 0.29) is 18.2 Å². The maximum Gasteiger partial charge on any atom is 0.410 e. The summed E-state index contributed by atoms with van der Waals surface area (Å²) in [5.41, 5.74) is 1.81. The molecule has 0 unspecified atom stereocenters. The number of nitrogens with zero attached hydrogens (tertiary/aromatic N) is 3. The van der Waals surface area contributed by atoms with Crippen LogP contribution in [0.5, 0.6) is 0 Å². The minimum atomic E-state index is -0.503. The Labute approximate surface area is 174 Å². The molecule has 0 aliphatic carbocycles. The summed E-state index contributed by atoms with van der Waals surface area (Å²) in [6.07, 6.45) is 2.54. The first-order valence-corrected chi connectivity index (χ1v) is 10.5. The number of carbonyl (C=O) groups is 1. The van der Waals surface area contributed by atoms with Crippen LogP contribution in [0.3, 0.4) is 0 Å². The molecule has 0 bridgehead atoms. The van der Waals surface area contributed by atoms with Gasteiger partial charge < -0.3 is 24.0 Å². The first-order chi connectivity index (χ1) is 13.4. The summed E-state index contributed by atoms with van der Waals surface area (Å²) in [5, 5.41) is 0. The van der Waals surface area contributed by atoms with Crippen molar-refractivity contribution in [1.29, 1.82) is 0 Å². The predicted octanol–water partition coefficient (Wildman–Crippen LogP) is 3.53. The van der Waals surface area contributed by atoms with E-state index in [2.05, 4.69) is 24.8 Å². The van der Waals surface area contributed by atoms with Crippen molar-refractivity contribution in [3.63, 3.8) is 0 Å². The highest BCUT2D eigenvalue weighted by atomic mass is 16.7. The number of aromatic nitrogens is 1. The third-order valence-electron chi connectivity index (χ3n) is 5.19. The van der Waals surface area contributed by atoms with Crippen molar-refractivity contribution < 1.29 is 19.0 Å². The number of hydrogen-bond acceptors (Lipinski definition) is 6. The Bertz CT molecular complexity index is 744. The highest BCUT2D eigenvalue weighted by Crippen LogP contribution is 2.27. The number of ether oxygens (including phenoxy) is 3. The lowest BCUT2D eigenvalue weighted by molar-refractivity contribution is -0.138. The molecule has 1 aromatic heterocycles. The first-order valence-electron chi connectivity index (χ1n) is 10.5. The zero-order valence-corrected chi connectivity index (χ0v) is 18.8. The van der Waals surface area contributed by atoms with Gasteiger partial charge in [0, 0.05) is 38.3 Å². The Morgan fingerprint density at radius 2 is 2.07 bits per heavy atom. The summed E-state index contributed by atoms with van der Waals surface area (Å²) >= 11 is 0. The molecule has 7 nitrogen and oxygen atoms in total. The normalized spacial score (nSPS) is 24.7. The van der Waals surface area contributed by atoms with Crippen LogP contribution in [0.1, 0.15) is 52.7 Å². The maximum atomic E-state index is 12.4. The molecule has 0 radical (unpaired) electrons. The summed E-state index contributed by atoms with van der Waals surface area (Å²) in [7, 11) is 0. The molecule has 1 amide bonds. The molecule has 0 spiro atoms. The maximum absolute atomic E-state index is 12.4. The van der Waals surface area contributed by atoms with Gasteiger partial charge in [0.05, 0.1) is 12.7 Å². The highest BCUT2D eigenvalue weighted by molar-refractivity contribution is 5.69. The Balaban J connectivity index is 1.61. The van der Waals surface area contributed by atoms with Gasteiger partial charge in [-0.2, -0.15) is 0 Å². The van der Waals surface area contributed by atoms with Gasteiger partial charge in [-0.1, -0.05) is 6.07 Å². The topological polar surface area (TPSA) is 64.1 Å². The second-order valence-corrected chi connectivity index (χ2v) is 9.61. The van der Waals surface area contributed by atoms with Crippen molar-refractivity contribution >= 4 is 11.9 Å². The molecule has 2 aliphatic heterocycles. The van der Waals surface area contributed by atoms with Gasteiger partial charge in [0.2, 0.25) is 0 Å². The van der Waals surface area contributed by atoms with Gasteiger partial charge >= 0.3 is 6.09 Å². The van der Waals surface area contributed by atoms with Crippen molar-refractivity contribution in [3.05, 3.63) is 23.4 Å². The van der Waals surface area contributed by atoms with Crippen LogP contribution in [-0.2, 0) is 20.6 Å². The van der Waals surface area contributed by atoms with Gasteiger partial charge in [-0.15, -0.1) is 0 Å². The molecular formula is C22H35N3O4. The van der Waals surface area contributed by atoms with Crippen LogP contribution in [0.4, 0.5) is 10.6 Å². The van der Waals surface area contributed by atoms with E-state index in [1.165, 1.54) is 0 Å². The number of aryl methyl sites for hydroxylation is 1. The molecule has 29 heavy (non-hydrogen) atoms. The van der Waals surface area contributed by atoms with Crippen LogP contribution in [0, 0.1) is 6.92 Å². The number of piperazine rings is 1. The average Bonchev–Trinajstić information content (AvgIpc) is 2.91. The van der Waals surface area contributed by atoms with Crippen molar-refractivity contribution in [3.8, 4) is 0 Å². The summed E-state index contributed by atoms with van der Waals surface area (Å²) in [6.45, 7) is 16.4. The fraction of sp³-hybridized carbons (Fsp3) is 0.727. The number of carbonyl (C=O) groups excluding carboxylic acids is 1. The van der Waals surface area contributed by atoms with E-state index in [1.807, 2.05) is 45.7 Å². The zero-order chi connectivity index (χ0) is 21.4. The highest BCUT2D eigenvalue weighted by Gasteiger charge is 2.33. The fourth-order valence-corrected chi connectivity index (χ4v) is 3.94. The van der Waals surface area contributed by atoms with Crippen LogP contribution in [0.15, 0.2) is 12.3 Å². The summed E-state index contributed by atoms with van der Waals surface area (Å²) in [6, 6.07) is 2.24. The molecule has 2 fully saturated rings. The number of amides is 1. The van der Waals surface area contributed by atoms with E-state index in [9.17, 15) is 4.79 Å². The third kappa shape index (κ3) is 5.60. The standard InChI is InChI=1S/C22H35N3O4/c1-15-10-17(11-18-14-27-22(6,7)28-18)12-23-19(15)24-8-9-25(16(2)13-24)20(26)29-21(3,4)5/h10,12,16,18H,8-9,11,13-14H2,1-7H3/t16-,18-/m1/s1. The lowest BCUT2D eigenvalue weighted by Crippen LogP contribution is -2.55. The molecule has 2 atom stereocenters. The van der Waals surface area contributed by atoms with E-state index in [0.717, 1.165) is 36.5 Å². The average molecular weight is 406 g/mol. The second kappa shape index (κ2) is 8.11. The molecule has 0 aromatic carbocycles. The number of hydrogen-bond donors (Lipinski definition) is 0. The van der Waals surface area contributed by atoms with Gasteiger partial charge in [0.15, 0.2) is 5.79 Å². The molecule has 2 aliphatic rings. The number of anilines is 1. The first kappa shape index (κ1) is 21.8. The zero-order valence-electron chi connectivity index (χ0n) is 18.8. The van der Waals surface area contributed by atoms with Gasteiger partial charge in [0.1, 0.15) is 11.4 Å². The van der Waals surface area contributed by atoms with Gasteiger partial charge in [0.25, 0.3) is 0 Å². The van der Waals surface area contributed by atoms with Crippen molar-refractivity contribution in [1.82, 2.24) is 9.88 Å². The number of pyridine rings is 1. The van der Waals surface area contributed by atoms with Crippen LogP contribution < -0.4 is 4.90 Å². The van der Waals surface area contributed by atoms with E-state index in [4.69, 9.17) is 19.2 Å². The SMILES string of the molecule is Cc1cc(C[C@@H]2COC(C)(C)O2)cnc1N1CCN(C(=O)OC(C)(C)C)[C@H](C)C1. The molecule has 7 heteroatoms. The van der Waals surface area contributed by atoms with Gasteiger partial charge in [-0.25, -0.2) is 9.78 Å². The van der Waals surface area contributed by atoms with Crippen molar-refractivity contribution in [2.75, 3.05) is 31.1 Å². The van der Waals surface area contributed by atoms with Crippen LogP contribution in [0.2, 0.25) is 0 Å². The fourth-order valence-electron chi connectivity index (χ4n) is 3.94. The van der Waals surface area contributed by atoms with E-state index < -0.39 is 11.4 Å². The van der Waals surface area contributed by atoms with E-state index in [0.29, 0.717) is 13.2 Å². The van der Waals surface area contributed by atoms with Gasteiger partial charge in [-0.05, 0) is 59.6 Å². The molecule has 1 aromatic rings. The molecule has 3 heterocycles. The quantitative estimate of drug-likeness (QED) is 0.767. The Morgan fingerprint density at radius 1 is 1.34 bits per heavy atom. The predicted molar refractivity (Wildman–Crippen MR) is 112 cm³/mol. The Morgan fingerprint density at radius 3 is 2.62 bits per heavy atom. The Hall–Kier alpha value is -1.86. The Kier molecular flexibility index (Phi) is 6.11. The molecule has 3 rings (SSSR count). The smallest absolute Gasteiger partial charge is 0.410 e. The lowest BCUT2D eigenvalue weighted by atomic mass is 10.1. The largest absolute Gasteiger partial charge is 0.444 e. The van der Waals surface area contributed by atoms with E-state index in [1.54, 1.807) is 0 Å². The second-order valence-electron chi connectivity index (χ2n) is 9.61. The molecule has 2 saturated heterocycles. The molecule has 162 valence electrons.